The van der Waals surface area contributed by atoms with Crippen LogP contribution in [0.25, 0.3) is 0 Å². The SMILES string of the molecule is CCCOC1CCCN(C(=O)c2ccc(C)cc2F)C1. The monoisotopic (exact) mass is 279 g/mol. The number of hydrogen-bond acceptors (Lipinski definition) is 2. The van der Waals surface area contributed by atoms with E-state index in [1.165, 1.54) is 6.07 Å². The van der Waals surface area contributed by atoms with Crippen molar-refractivity contribution in [1.82, 2.24) is 4.90 Å². The van der Waals surface area contributed by atoms with Crippen molar-refractivity contribution in [1.29, 1.82) is 0 Å². The van der Waals surface area contributed by atoms with Crippen LogP contribution in [0.4, 0.5) is 4.39 Å². The highest BCUT2D eigenvalue weighted by molar-refractivity contribution is 5.94. The Labute approximate surface area is 119 Å². The average Bonchev–Trinajstić information content (AvgIpc) is 2.45. The molecule has 0 bridgehead atoms. The van der Waals surface area contributed by atoms with Gasteiger partial charge in [0, 0.05) is 19.7 Å². The van der Waals surface area contributed by atoms with E-state index in [2.05, 4.69) is 6.92 Å². The zero-order valence-electron chi connectivity index (χ0n) is 12.2. The molecule has 0 spiro atoms. The second-order valence-corrected chi connectivity index (χ2v) is 5.37. The summed E-state index contributed by atoms with van der Waals surface area (Å²) in [5, 5.41) is 0. The van der Waals surface area contributed by atoms with Crippen LogP contribution in [0.1, 0.15) is 42.1 Å². The van der Waals surface area contributed by atoms with Crippen molar-refractivity contribution < 1.29 is 13.9 Å². The molecular weight excluding hydrogens is 257 g/mol. The molecule has 1 heterocycles. The summed E-state index contributed by atoms with van der Waals surface area (Å²) < 4.78 is 19.6. The number of aryl methyl sites for hydroxylation is 1. The smallest absolute Gasteiger partial charge is 0.256 e. The lowest BCUT2D eigenvalue weighted by Crippen LogP contribution is -2.43. The summed E-state index contributed by atoms with van der Waals surface area (Å²) in [6, 6.07) is 4.75. The maximum absolute atomic E-state index is 13.9. The molecule has 110 valence electrons. The number of carbonyl (C=O) groups is 1. The first-order valence-corrected chi connectivity index (χ1v) is 7.29. The van der Waals surface area contributed by atoms with Crippen molar-refractivity contribution in [3.63, 3.8) is 0 Å². The maximum atomic E-state index is 13.9. The van der Waals surface area contributed by atoms with E-state index in [9.17, 15) is 9.18 Å². The van der Waals surface area contributed by atoms with Crippen LogP contribution in [0, 0.1) is 12.7 Å². The van der Waals surface area contributed by atoms with Crippen LogP contribution in [0.2, 0.25) is 0 Å². The first-order valence-electron chi connectivity index (χ1n) is 7.29. The third-order valence-corrected chi connectivity index (χ3v) is 3.58. The largest absolute Gasteiger partial charge is 0.376 e. The molecule has 1 aliphatic rings. The number of amides is 1. The Hall–Kier alpha value is -1.42. The summed E-state index contributed by atoms with van der Waals surface area (Å²) >= 11 is 0. The van der Waals surface area contributed by atoms with Crippen molar-refractivity contribution in [2.45, 2.75) is 39.2 Å². The molecule has 1 amide bonds. The topological polar surface area (TPSA) is 29.5 Å². The quantitative estimate of drug-likeness (QED) is 0.847. The number of likely N-dealkylation sites (tertiary alicyclic amines) is 1. The Balaban J connectivity index is 2.04. The number of nitrogens with zero attached hydrogens (tertiary/aromatic N) is 1. The molecule has 1 fully saturated rings. The van der Waals surface area contributed by atoms with Crippen LogP contribution < -0.4 is 0 Å². The molecule has 0 aliphatic carbocycles. The van der Waals surface area contributed by atoms with E-state index < -0.39 is 5.82 Å². The number of piperidine rings is 1. The Morgan fingerprint density at radius 2 is 2.30 bits per heavy atom. The first kappa shape index (κ1) is 15.0. The minimum atomic E-state index is -0.438. The van der Waals surface area contributed by atoms with Crippen molar-refractivity contribution in [3.05, 3.63) is 35.1 Å². The van der Waals surface area contributed by atoms with E-state index in [1.807, 2.05) is 6.92 Å². The van der Waals surface area contributed by atoms with E-state index in [0.717, 1.165) is 24.8 Å². The van der Waals surface area contributed by atoms with E-state index in [-0.39, 0.29) is 17.6 Å². The fraction of sp³-hybridized carbons (Fsp3) is 0.562. The summed E-state index contributed by atoms with van der Waals surface area (Å²) in [7, 11) is 0. The maximum Gasteiger partial charge on any atom is 0.256 e. The van der Waals surface area contributed by atoms with Gasteiger partial charge in [0.2, 0.25) is 0 Å². The van der Waals surface area contributed by atoms with Crippen LogP contribution >= 0.6 is 0 Å². The van der Waals surface area contributed by atoms with Gasteiger partial charge in [-0.2, -0.15) is 0 Å². The van der Waals surface area contributed by atoms with Gasteiger partial charge in [-0.3, -0.25) is 4.79 Å². The molecule has 4 heteroatoms. The summed E-state index contributed by atoms with van der Waals surface area (Å²) in [5.74, 6) is -0.668. The van der Waals surface area contributed by atoms with Gasteiger partial charge in [0.1, 0.15) is 5.82 Å². The summed E-state index contributed by atoms with van der Waals surface area (Å²) in [6.45, 7) is 5.83. The average molecular weight is 279 g/mol. The minimum absolute atomic E-state index is 0.0844. The zero-order chi connectivity index (χ0) is 14.5. The van der Waals surface area contributed by atoms with Crippen LogP contribution in [0.15, 0.2) is 18.2 Å². The van der Waals surface area contributed by atoms with E-state index >= 15 is 0 Å². The molecule has 0 saturated carbocycles. The number of halogens is 1. The highest BCUT2D eigenvalue weighted by Crippen LogP contribution is 2.18. The van der Waals surface area contributed by atoms with Gasteiger partial charge in [-0.1, -0.05) is 13.0 Å². The molecule has 1 aliphatic heterocycles. The molecule has 3 nitrogen and oxygen atoms in total. The fourth-order valence-corrected chi connectivity index (χ4v) is 2.51. The molecule has 2 rings (SSSR count). The third kappa shape index (κ3) is 3.57. The summed E-state index contributed by atoms with van der Waals surface area (Å²) in [6.07, 6.45) is 2.94. The van der Waals surface area contributed by atoms with Gasteiger partial charge in [-0.05, 0) is 43.9 Å². The predicted octanol–water partition coefficient (Wildman–Crippen LogP) is 3.17. The van der Waals surface area contributed by atoms with Crippen LogP contribution in [0.5, 0.6) is 0 Å². The zero-order valence-corrected chi connectivity index (χ0v) is 12.2. The van der Waals surface area contributed by atoms with Gasteiger partial charge >= 0.3 is 0 Å². The number of ether oxygens (including phenoxy) is 1. The minimum Gasteiger partial charge on any atom is -0.376 e. The van der Waals surface area contributed by atoms with Gasteiger partial charge < -0.3 is 9.64 Å². The molecule has 0 N–H and O–H groups in total. The van der Waals surface area contributed by atoms with Gasteiger partial charge in [-0.15, -0.1) is 0 Å². The molecule has 1 atom stereocenters. The number of carbonyl (C=O) groups excluding carboxylic acids is 1. The van der Waals surface area contributed by atoms with Gasteiger partial charge in [0.25, 0.3) is 5.91 Å². The van der Waals surface area contributed by atoms with Crippen molar-refractivity contribution in [3.8, 4) is 0 Å². The molecular formula is C16H22FNO2. The van der Waals surface area contributed by atoms with Crippen LogP contribution in [-0.2, 0) is 4.74 Å². The van der Waals surface area contributed by atoms with E-state index in [0.29, 0.717) is 19.7 Å². The standard InChI is InChI=1S/C16H22FNO2/c1-3-9-20-13-5-4-8-18(11-13)16(19)14-7-6-12(2)10-15(14)17/h6-7,10,13H,3-5,8-9,11H2,1-2H3. The first-order chi connectivity index (χ1) is 9.61. The highest BCUT2D eigenvalue weighted by atomic mass is 19.1. The van der Waals surface area contributed by atoms with Gasteiger partial charge in [0.05, 0.1) is 11.7 Å². The van der Waals surface area contributed by atoms with E-state index in [4.69, 9.17) is 4.74 Å². The molecule has 1 unspecified atom stereocenters. The molecule has 0 aromatic heterocycles. The number of benzene rings is 1. The number of hydrogen-bond donors (Lipinski definition) is 0. The molecule has 1 aromatic rings. The Morgan fingerprint density at radius 1 is 1.50 bits per heavy atom. The van der Waals surface area contributed by atoms with Gasteiger partial charge in [-0.25, -0.2) is 4.39 Å². The van der Waals surface area contributed by atoms with E-state index in [1.54, 1.807) is 17.0 Å². The highest BCUT2D eigenvalue weighted by Gasteiger charge is 2.26. The second kappa shape index (κ2) is 6.84. The molecule has 1 saturated heterocycles. The molecule has 20 heavy (non-hydrogen) atoms. The van der Waals surface area contributed by atoms with Crippen molar-refractivity contribution in [2.24, 2.45) is 0 Å². The predicted molar refractivity (Wildman–Crippen MR) is 76.3 cm³/mol. The van der Waals surface area contributed by atoms with Crippen LogP contribution in [-0.4, -0.2) is 36.6 Å². The van der Waals surface area contributed by atoms with Crippen molar-refractivity contribution >= 4 is 5.91 Å². The normalized spacial score (nSPS) is 19.1. The fourth-order valence-electron chi connectivity index (χ4n) is 2.51. The summed E-state index contributed by atoms with van der Waals surface area (Å²) in [5.41, 5.74) is 0.980. The Bertz CT molecular complexity index is 476. The Morgan fingerprint density at radius 3 is 3.00 bits per heavy atom. The molecule has 1 aromatic carbocycles. The number of rotatable bonds is 4. The summed E-state index contributed by atoms with van der Waals surface area (Å²) in [4.78, 5) is 14.1. The van der Waals surface area contributed by atoms with Crippen LogP contribution in [0.3, 0.4) is 0 Å². The van der Waals surface area contributed by atoms with Crippen molar-refractivity contribution in [2.75, 3.05) is 19.7 Å². The second-order valence-electron chi connectivity index (χ2n) is 5.37. The third-order valence-electron chi connectivity index (χ3n) is 3.58. The lowest BCUT2D eigenvalue weighted by Gasteiger charge is -2.32. The lowest BCUT2D eigenvalue weighted by atomic mass is 10.1. The van der Waals surface area contributed by atoms with Gasteiger partial charge in [0.15, 0.2) is 0 Å². The molecule has 0 radical (unpaired) electrons. The Kier molecular flexibility index (Phi) is 5.12. The lowest BCUT2D eigenvalue weighted by molar-refractivity contribution is 0.00196.